The third-order valence-electron chi connectivity index (χ3n) is 5.21. The first-order chi connectivity index (χ1) is 16.9. The van der Waals surface area contributed by atoms with E-state index >= 15 is 4.39 Å². The number of aromatic nitrogens is 2. The number of benzene rings is 2. The van der Waals surface area contributed by atoms with Gasteiger partial charge in [-0.2, -0.15) is 17.5 Å². The molecular weight excluding hydrogens is 526 g/mol. The first-order valence-corrected chi connectivity index (χ1v) is 12.9. The summed E-state index contributed by atoms with van der Waals surface area (Å²) in [4.78, 5) is 20.2. The van der Waals surface area contributed by atoms with Crippen LogP contribution in [0.15, 0.2) is 41.0 Å². The van der Waals surface area contributed by atoms with E-state index in [1.807, 2.05) is 0 Å². The van der Waals surface area contributed by atoms with E-state index in [-0.39, 0.29) is 38.9 Å². The smallest absolute Gasteiger partial charge is 0.405 e. The van der Waals surface area contributed by atoms with E-state index < -0.39 is 40.3 Å². The van der Waals surface area contributed by atoms with Gasteiger partial charge in [-0.15, -0.1) is 0 Å². The minimum atomic E-state index is -4.57. The highest BCUT2D eigenvalue weighted by atomic mass is 35.5. The summed E-state index contributed by atoms with van der Waals surface area (Å²) in [5.41, 5.74) is 0.647. The zero-order valence-electron chi connectivity index (χ0n) is 18.7. The predicted octanol–water partition coefficient (Wildman–Crippen LogP) is 5.11. The van der Waals surface area contributed by atoms with Gasteiger partial charge in [0.15, 0.2) is 6.10 Å². The molecule has 0 spiro atoms. The largest absolute Gasteiger partial charge is 0.479 e. The molecule has 4 rings (SSSR count). The summed E-state index contributed by atoms with van der Waals surface area (Å²) in [5.74, 6) is -0.674. The zero-order chi connectivity index (χ0) is 26.1. The second-order valence-electron chi connectivity index (χ2n) is 8.03. The monoisotopic (exact) mass is 545 g/mol. The fourth-order valence-corrected chi connectivity index (χ4v) is 4.97. The summed E-state index contributed by atoms with van der Waals surface area (Å²) in [6.07, 6.45) is -3.87. The lowest BCUT2D eigenvalue weighted by Crippen LogP contribution is -2.41. The zero-order valence-corrected chi connectivity index (χ0v) is 20.3. The van der Waals surface area contributed by atoms with Crippen molar-refractivity contribution in [3.63, 3.8) is 0 Å². The molecule has 1 atom stereocenters. The SMILES string of the molecule is C[C@@H](Oc1cc(Cl)ccc1Nc1ncnc2cc(N=S3(=O)CCC3)cc(F)c12)C(=O)NCC(F)(F)F. The molecule has 1 aliphatic heterocycles. The van der Waals surface area contributed by atoms with Gasteiger partial charge in [-0.1, -0.05) is 11.6 Å². The highest BCUT2D eigenvalue weighted by Crippen LogP contribution is 2.35. The van der Waals surface area contributed by atoms with Crippen LogP contribution in [-0.2, 0) is 14.5 Å². The molecule has 0 bridgehead atoms. The van der Waals surface area contributed by atoms with Gasteiger partial charge in [-0.25, -0.2) is 18.6 Å². The van der Waals surface area contributed by atoms with Gasteiger partial charge in [0.05, 0.1) is 32.0 Å². The highest BCUT2D eigenvalue weighted by molar-refractivity contribution is 7.95. The Bertz CT molecular complexity index is 1430. The maximum atomic E-state index is 15.1. The van der Waals surface area contributed by atoms with Crippen LogP contribution in [0, 0.1) is 5.82 Å². The van der Waals surface area contributed by atoms with Gasteiger partial charge in [0, 0.05) is 28.7 Å². The molecule has 2 aromatic carbocycles. The third-order valence-corrected chi connectivity index (χ3v) is 7.84. The number of ether oxygens (including phenoxy) is 1. The van der Waals surface area contributed by atoms with E-state index in [4.69, 9.17) is 16.3 Å². The molecule has 1 saturated heterocycles. The Morgan fingerprint density at radius 1 is 1.25 bits per heavy atom. The molecular formula is C22H20ClF4N5O3S. The summed E-state index contributed by atoms with van der Waals surface area (Å²) in [6.45, 7) is -0.232. The van der Waals surface area contributed by atoms with Gasteiger partial charge in [0.25, 0.3) is 5.91 Å². The van der Waals surface area contributed by atoms with Crippen molar-refractivity contribution < 1.29 is 31.3 Å². The summed E-state index contributed by atoms with van der Waals surface area (Å²) in [7, 11) is -2.35. The molecule has 0 unspecified atom stereocenters. The van der Waals surface area contributed by atoms with Crippen LogP contribution >= 0.6 is 11.6 Å². The van der Waals surface area contributed by atoms with Gasteiger partial charge < -0.3 is 15.4 Å². The molecule has 0 radical (unpaired) electrons. The number of fused-ring (bicyclic) bond motifs is 1. The van der Waals surface area contributed by atoms with Gasteiger partial charge in [-0.05, 0) is 31.5 Å². The van der Waals surface area contributed by atoms with E-state index in [1.165, 1.54) is 37.5 Å². The minimum Gasteiger partial charge on any atom is -0.479 e. The van der Waals surface area contributed by atoms with Crippen molar-refractivity contribution in [2.24, 2.45) is 4.36 Å². The molecule has 0 aliphatic carbocycles. The standard InChI is InChI=1S/C22H20ClF4N5O3S/c1-12(21(33)28-10-22(25,26)27)35-18-7-13(23)3-4-16(18)31-20-19-15(24)8-14(9-17(19)29-11-30-20)32-36(34)5-2-6-36/h3-4,7-9,11-12H,2,5-6,10H2,1H3,(H,28,33)(H,29,30,31)/t12-/m1/s1. The summed E-state index contributed by atoms with van der Waals surface area (Å²) >= 11 is 6.03. The lowest BCUT2D eigenvalue weighted by Gasteiger charge is -2.19. The number of hydrogen-bond acceptors (Lipinski definition) is 7. The molecule has 1 amide bonds. The second-order valence-corrected chi connectivity index (χ2v) is 11.0. The number of rotatable bonds is 7. The number of nitrogens with one attached hydrogen (secondary N) is 2. The predicted molar refractivity (Wildman–Crippen MR) is 128 cm³/mol. The van der Waals surface area contributed by atoms with Gasteiger partial charge in [-0.3, -0.25) is 4.79 Å². The summed E-state index contributed by atoms with van der Waals surface area (Å²) < 4.78 is 74.5. The molecule has 0 saturated carbocycles. The molecule has 1 aromatic heterocycles. The number of carbonyl (C=O) groups excluding carboxylic acids is 1. The molecule has 1 aliphatic rings. The quantitative estimate of drug-likeness (QED) is 0.399. The highest BCUT2D eigenvalue weighted by Gasteiger charge is 2.29. The van der Waals surface area contributed by atoms with Crippen molar-refractivity contribution in [3.8, 4) is 5.75 Å². The number of anilines is 2. The van der Waals surface area contributed by atoms with Gasteiger partial charge >= 0.3 is 6.18 Å². The molecule has 1 fully saturated rings. The van der Waals surface area contributed by atoms with Crippen molar-refractivity contribution in [1.29, 1.82) is 0 Å². The second kappa shape index (κ2) is 10.1. The van der Waals surface area contributed by atoms with Crippen LogP contribution in [0.1, 0.15) is 13.3 Å². The summed E-state index contributed by atoms with van der Waals surface area (Å²) in [5, 5.41) is 4.90. The van der Waals surface area contributed by atoms with Crippen molar-refractivity contribution in [1.82, 2.24) is 15.3 Å². The number of carbonyl (C=O) groups is 1. The molecule has 3 aromatic rings. The number of amides is 1. The van der Waals surface area contributed by atoms with Gasteiger partial charge in [0.2, 0.25) is 0 Å². The number of halogens is 5. The lowest BCUT2D eigenvalue weighted by atomic mass is 10.2. The summed E-state index contributed by atoms with van der Waals surface area (Å²) in [6, 6.07) is 6.98. The molecule has 192 valence electrons. The fraction of sp³-hybridized carbons (Fsp3) is 0.318. The van der Waals surface area contributed by atoms with Crippen molar-refractivity contribution in [3.05, 3.63) is 47.5 Å². The average molecular weight is 546 g/mol. The van der Waals surface area contributed by atoms with Crippen LogP contribution in [0.5, 0.6) is 5.75 Å². The van der Waals surface area contributed by atoms with Crippen LogP contribution in [-0.4, -0.2) is 50.4 Å². The Kier molecular flexibility index (Phi) is 7.23. The van der Waals surface area contributed by atoms with Crippen LogP contribution in [0.25, 0.3) is 10.9 Å². The Morgan fingerprint density at radius 3 is 2.67 bits per heavy atom. The lowest BCUT2D eigenvalue weighted by molar-refractivity contribution is -0.142. The first-order valence-electron chi connectivity index (χ1n) is 10.7. The van der Waals surface area contributed by atoms with E-state index in [1.54, 1.807) is 5.32 Å². The fourth-order valence-electron chi connectivity index (χ4n) is 3.35. The molecule has 2 N–H and O–H groups in total. The Labute approximate surface area is 208 Å². The number of hydrogen-bond donors (Lipinski definition) is 2. The minimum absolute atomic E-state index is 0.0249. The third kappa shape index (κ3) is 6.13. The normalized spacial score (nSPS) is 15.6. The van der Waals surface area contributed by atoms with E-state index in [0.717, 1.165) is 12.5 Å². The number of nitrogens with zero attached hydrogens (tertiary/aromatic N) is 3. The van der Waals surface area contributed by atoms with Crippen LogP contribution in [0.3, 0.4) is 0 Å². The molecule has 2 heterocycles. The average Bonchev–Trinajstić information content (AvgIpc) is 2.77. The molecule has 8 nitrogen and oxygen atoms in total. The molecule has 14 heteroatoms. The van der Waals surface area contributed by atoms with Crippen LogP contribution < -0.4 is 15.4 Å². The van der Waals surface area contributed by atoms with Crippen LogP contribution in [0.2, 0.25) is 5.02 Å². The van der Waals surface area contributed by atoms with Gasteiger partial charge in [0.1, 0.15) is 30.3 Å². The van der Waals surface area contributed by atoms with Crippen molar-refractivity contribution >= 4 is 55.3 Å². The topological polar surface area (TPSA) is 106 Å². The Hall–Kier alpha value is -3.19. The van der Waals surface area contributed by atoms with E-state index in [2.05, 4.69) is 19.6 Å². The maximum absolute atomic E-state index is 15.1. The maximum Gasteiger partial charge on any atom is 0.405 e. The van der Waals surface area contributed by atoms with Crippen LogP contribution in [0.4, 0.5) is 34.8 Å². The van der Waals surface area contributed by atoms with Crippen molar-refractivity contribution in [2.45, 2.75) is 25.6 Å². The van der Waals surface area contributed by atoms with Crippen molar-refractivity contribution in [2.75, 3.05) is 23.4 Å². The van der Waals surface area contributed by atoms with E-state index in [9.17, 15) is 22.2 Å². The molecule has 36 heavy (non-hydrogen) atoms. The first kappa shape index (κ1) is 25.9. The number of alkyl halides is 3. The Balaban J connectivity index is 1.62. The van der Waals surface area contributed by atoms with E-state index in [0.29, 0.717) is 11.5 Å². The Morgan fingerprint density at radius 2 is 2.00 bits per heavy atom.